The summed E-state index contributed by atoms with van der Waals surface area (Å²) < 4.78 is 0. The summed E-state index contributed by atoms with van der Waals surface area (Å²) in [4.78, 5) is 2.39. The summed E-state index contributed by atoms with van der Waals surface area (Å²) in [6.45, 7) is 2.17. The number of phenolic OH excluding ortho intramolecular Hbond substituents is 1. The number of aliphatic hydroxyl groups is 1. The maximum absolute atomic E-state index is 10.1. The van der Waals surface area contributed by atoms with Gasteiger partial charge < -0.3 is 15.1 Å². The first-order valence-electron chi connectivity index (χ1n) is 7.26. The van der Waals surface area contributed by atoms with Gasteiger partial charge >= 0.3 is 0 Å². The van der Waals surface area contributed by atoms with E-state index in [-0.39, 0.29) is 11.5 Å². The molecular weight excluding hydrogens is 238 g/mol. The van der Waals surface area contributed by atoms with Gasteiger partial charge in [-0.05, 0) is 62.9 Å². The highest BCUT2D eigenvalue weighted by molar-refractivity contribution is 5.35. The minimum atomic E-state index is -0.193. The number of benzene rings is 1. The summed E-state index contributed by atoms with van der Waals surface area (Å²) in [5.74, 6) is 0.932. The van der Waals surface area contributed by atoms with Gasteiger partial charge in [-0.1, -0.05) is 12.1 Å². The summed E-state index contributed by atoms with van der Waals surface area (Å²) in [5, 5.41) is 19.9. The Balaban J connectivity index is 2.00. The first-order valence-corrected chi connectivity index (χ1v) is 7.26. The molecule has 1 saturated carbocycles. The summed E-state index contributed by atoms with van der Waals surface area (Å²) in [7, 11) is 2.18. The number of rotatable bonds is 1. The second kappa shape index (κ2) is 4.80. The lowest BCUT2D eigenvalue weighted by Gasteiger charge is -2.51. The van der Waals surface area contributed by atoms with E-state index in [0.717, 1.165) is 38.8 Å². The van der Waals surface area contributed by atoms with Gasteiger partial charge in [0.15, 0.2) is 0 Å². The van der Waals surface area contributed by atoms with E-state index >= 15 is 0 Å². The Bertz CT molecular complexity index is 462. The fraction of sp³-hybridized carbons (Fsp3) is 0.625. The molecule has 0 aromatic heterocycles. The van der Waals surface area contributed by atoms with Gasteiger partial charge in [0, 0.05) is 12.0 Å². The molecule has 3 rings (SSSR count). The van der Waals surface area contributed by atoms with Crippen molar-refractivity contribution in [2.75, 3.05) is 20.1 Å². The van der Waals surface area contributed by atoms with Crippen molar-refractivity contribution in [1.82, 2.24) is 4.90 Å². The van der Waals surface area contributed by atoms with E-state index in [2.05, 4.69) is 18.0 Å². The van der Waals surface area contributed by atoms with E-state index in [1.807, 2.05) is 12.1 Å². The van der Waals surface area contributed by atoms with Crippen molar-refractivity contribution in [3.63, 3.8) is 0 Å². The molecule has 0 bridgehead atoms. The van der Waals surface area contributed by atoms with Crippen LogP contribution in [0.4, 0.5) is 0 Å². The lowest BCUT2D eigenvalue weighted by Crippen LogP contribution is -2.52. The number of hydrogen-bond acceptors (Lipinski definition) is 3. The van der Waals surface area contributed by atoms with E-state index in [9.17, 15) is 10.2 Å². The number of phenols is 1. The highest BCUT2D eigenvalue weighted by Gasteiger charge is 2.47. The maximum atomic E-state index is 10.1. The molecule has 1 saturated heterocycles. The predicted octanol–water partition coefficient (Wildman–Crippen LogP) is 2.13. The molecule has 104 valence electrons. The predicted molar refractivity (Wildman–Crippen MR) is 75.2 cm³/mol. The summed E-state index contributed by atoms with van der Waals surface area (Å²) in [6, 6.07) is 7.67. The second-order valence-corrected chi connectivity index (χ2v) is 6.35. The van der Waals surface area contributed by atoms with Crippen LogP contribution >= 0.6 is 0 Å². The third-order valence-electron chi connectivity index (χ3n) is 5.12. The Morgan fingerprint density at radius 2 is 2.16 bits per heavy atom. The Morgan fingerprint density at radius 3 is 2.95 bits per heavy atom. The fourth-order valence-electron chi connectivity index (χ4n) is 4.10. The standard InChI is InChI=1S/C16H23NO2/c1-17-8-7-16(12-3-2-4-14(18)9-12)10-15(19)6-5-13(16)11-17/h2-4,9,13,15,18-19H,5-8,10-11H2,1H3. The van der Waals surface area contributed by atoms with Crippen molar-refractivity contribution in [3.8, 4) is 5.75 Å². The van der Waals surface area contributed by atoms with Crippen molar-refractivity contribution < 1.29 is 10.2 Å². The monoisotopic (exact) mass is 261 g/mol. The van der Waals surface area contributed by atoms with Crippen LogP contribution in [0.3, 0.4) is 0 Å². The van der Waals surface area contributed by atoms with E-state index < -0.39 is 0 Å². The highest BCUT2D eigenvalue weighted by atomic mass is 16.3. The van der Waals surface area contributed by atoms with Gasteiger partial charge in [-0.3, -0.25) is 0 Å². The van der Waals surface area contributed by atoms with Gasteiger partial charge in [0.2, 0.25) is 0 Å². The minimum absolute atomic E-state index is 0.0584. The summed E-state index contributed by atoms with van der Waals surface area (Å²) >= 11 is 0. The van der Waals surface area contributed by atoms with Gasteiger partial charge in [0.05, 0.1) is 6.10 Å². The molecule has 1 aromatic rings. The molecular formula is C16H23NO2. The molecule has 1 aliphatic carbocycles. The van der Waals surface area contributed by atoms with Crippen LogP contribution in [-0.2, 0) is 5.41 Å². The number of likely N-dealkylation sites (tertiary alicyclic amines) is 1. The van der Waals surface area contributed by atoms with Crippen LogP contribution in [-0.4, -0.2) is 41.4 Å². The number of piperidine rings is 1. The van der Waals surface area contributed by atoms with E-state index in [0.29, 0.717) is 11.7 Å². The second-order valence-electron chi connectivity index (χ2n) is 6.35. The first kappa shape index (κ1) is 12.9. The van der Waals surface area contributed by atoms with Crippen LogP contribution < -0.4 is 0 Å². The van der Waals surface area contributed by atoms with Gasteiger partial charge in [-0.2, -0.15) is 0 Å². The third-order valence-corrected chi connectivity index (χ3v) is 5.12. The van der Waals surface area contributed by atoms with Crippen molar-refractivity contribution in [3.05, 3.63) is 29.8 Å². The molecule has 1 aromatic carbocycles. The van der Waals surface area contributed by atoms with Crippen LogP contribution in [0, 0.1) is 5.92 Å². The molecule has 0 amide bonds. The molecule has 3 heteroatoms. The van der Waals surface area contributed by atoms with Gasteiger partial charge in [0.1, 0.15) is 5.75 Å². The molecule has 3 nitrogen and oxygen atoms in total. The molecule has 2 fully saturated rings. The number of aliphatic hydroxyl groups excluding tert-OH is 1. The van der Waals surface area contributed by atoms with Gasteiger partial charge in [0.25, 0.3) is 0 Å². The first-order chi connectivity index (χ1) is 9.10. The number of nitrogens with zero attached hydrogens (tertiary/aromatic N) is 1. The molecule has 19 heavy (non-hydrogen) atoms. The van der Waals surface area contributed by atoms with Crippen molar-refractivity contribution in [2.24, 2.45) is 5.92 Å². The zero-order valence-electron chi connectivity index (χ0n) is 11.5. The lowest BCUT2D eigenvalue weighted by molar-refractivity contribution is 0.00288. The molecule has 1 heterocycles. The molecule has 3 atom stereocenters. The molecule has 1 aliphatic heterocycles. The van der Waals surface area contributed by atoms with Gasteiger partial charge in [-0.25, -0.2) is 0 Å². The largest absolute Gasteiger partial charge is 0.508 e. The van der Waals surface area contributed by atoms with Gasteiger partial charge in [-0.15, -0.1) is 0 Å². The molecule has 2 N–H and O–H groups in total. The zero-order valence-corrected chi connectivity index (χ0v) is 11.5. The SMILES string of the molecule is CN1CCC2(c3cccc(O)c3)CC(O)CCC2C1. The van der Waals surface area contributed by atoms with Crippen molar-refractivity contribution in [2.45, 2.75) is 37.2 Å². The Kier molecular flexibility index (Phi) is 3.27. The van der Waals surface area contributed by atoms with Crippen molar-refractivity contribution >= 4 is 0 Å². The lowest BCUT2D eigenvalue weighted by atomic mass is 9.58. The van der Waals surface area contributed by atoms with Crippen LogP contribution in [0.15, 0.2) is 24.3 Å². The minimum Gasteiger partial charge on any atom is -0.508 e. The number of fused-ring (bicyclic) bond motifs is 1. The zero-order chi connectivity index (χ0) is 13.5. The molecule has 0 spiro atoms. The van der Waals surface area contributed by atoms with Crippen LogP contribution in [0.2, 0.25) is 0 Å². The quantitative estimate of drug-likeness (QED) is 0.814. The van der Waals surface area contributed by atoms with Crippen LogP contribution in [0.5, 0.6) is 5.75 Å². The number of hydrogen-bond donors (Lipinski definition) is 2. The molecule has 2 aliphatic rings. The average molecular weight is 261 g/mol. The van der Waals surface area contributed by atoms with E-state index in [1.165, 1.54) is 5.56 Å². The van der Waals surface area contributed by atoms with Crippen LogP contribution in [0.1, 0.15) is 31.2 Å². The van der Waals surface area contributed by atoms with E-state index in [1.54, 1.807) is 6.07 Å². The summed E-state index contributed by atoms with van der Waals surface area (Å²) in [5.41, 5.74) is 1.27. The fourth-order valence-corrected chi connectivity index (χ4v) is 4.10. The number of aromatic hydroxyl groups is 1. The normalized spacial score (nSPS) is 35.9. The molecule has 0 radical (unpaired) electrons. The smallest absolute Gasteiger partial charge is 0.115 e. The Morgan fingerprint density at radius 1 is 1.32 bits per heavy atom. The topological polar surface area (TPSA) is 43.7 Å². The summed E-state index contributed by atoms with van der Waals surface area (Å²) in [6.07, 6.45) is 3.73. The Hall–Kier alpha value is -1.06. The molecule has 3 unspecified atom stereocenters. The van der Waals surface area contributed by atoms with E-state index in [4.69, 9.17) is 0 Å². The average Bonchev–Trinajstić information content (AvgIpc) is 2.39. The maximum Gasteiger partial charge on any atom is 0.115 e. The highest BCUT2D eigenvalue weighted by Crippen LogP contribution is 2.49. The Labute approximate surface area is 114 Å². The third kappa shape index (κ3) is 2.26. The van der Waals surface area contributed by atoms with Crippen LogP contribution in [0.25, 0.3) is 0 Å². The van der Waals surface area contributed by atoms with Crippen molar-refractivity contribution in [1.29, 1.82) is 0 Å².